The van der Waals surface area contributed by atoms with E-state index in [4.69, 9.17) is 9.05 Å². The molecule has 0 aliphatic carbocycles. The number of nitrogens with zero attached hydrogens (tertiary/aromatic N) is 4. The predicted octanol–water partition coefficient (Wildman–Crippen LogP) is 0.786. The van der Waals surface area contributed by atoms with E-state index in [2.05, 4.69) is 20.6 Å². The molecule has 0 aromatic carbocycles. The molecular formula is C16H23N5O5S. The highest BCUT2D eigenvalue weighted by atomic mass is 32.2. The summed E-state index contributed by atoms with van der Waals surface area (Å²) in [6.07, 6.45) is 2.95. The van der Waals surface area contributed by atoms with Gasteiger partial charge in [-0.15, -0.1) is 0 Å². The van der Waals surface area contributed by atoms with Gasteiger partial charge in [0.2, 0.25) is 15.9 Å². The van der Waals surface area contributed by atoms with Crippen molar-refractivity contribution in [2.45, 2.75) is 39.0 Å². The molecule has 0 spiro atoms. The first-order valence-corrected chi connectivity index (χ1v) is 10.6. The van der Waals surface area contributed by atoms with E-state index in [0.717, 1.165) is 0 Å². The summed E-state index contributed by atoms with van der Waals surface area (Å²) in [5.74, 6) is 1.34. The van der Waals surface area contributed by atoms with E-state index < -0.39 is 10.0 Å². The van der Waals surface area contributed by atoms with Crippen molar-refractivity contribution in [2.24, 2.45) is 0 Å². The summed E-state index contributed by atoms with van der Waals surface area (Å²) in [7, 11) is -3.15. The zero-order valence-electron chi connectivity index (χ0n) is 15.6. The smallest absolute Gasteiger partial charge is 0.256 e. The first-order valence-electron chi connectivity index (χ1n) is 8.74. The zero-order valence-corrected chi connectivity index (χ0v) is 16.4. The molecular weight excluding hydrogens is 374 g/mol. The molecule has 1 aliphatic rings. The number of amides is 1. The summed E-state index contributed by atoms with van der Waals surface area (Å²) in [4.78, 5) is 16.6. The molecule has 3 rings (SSSR count). The molecule has 0 atom stereocenters. The minimum atomic E-state index is -3.15. The van der Waals surface area contributed by atoms with Crippen LogP contribution >= 0.6 is 0 Å². The molecule has 10 nitrogen and oxygen atoms in total. The number of carbonyl (C=O) groups excluding carboxylic acids is 1. The molecule has 2 aromatic heterocycles. The average molecular weight is 397 g/mol. The Morgan fingerprint density at radius 1 is 1.22 bits per heavy atom. The van der Waals surface area contributed by atoms with Gasteiger partial charge < -0.3 is 14.4 Å². The molecule has 1 aliphatic heterocycles. The molecule has 148 valence electrons. The SMILES string of the molecule is Cc1noc(C)c1C(=O)NCCc1nc(C2CCN(S(C)(=O)=O)CC2)no1. The summed E-state index contributed by atoms with van der Waals surface area (Å²) < 4.78 is 34.8. The number of aromatic nitrogens is 3. The first-order chi connectivity index (χ1) is 12.8. The van der Waals surface area contributed by atoms with Crippen LogP contribution in [0.4, 0.5) is 0 Å². The maximum Gasteiger partial charge on any atom is 0.256 e. The highest BCUT2D eigenvalue weighted by Crippen LogP contribution is 2.27. The molecule has 1 fully saturated rings. The Morgan fingerprint density at radius 2 is 1.93 bits per heavy atom. The van der Waals surface area contributed by atoms with Gasteiger partial charge in [0.25, 0.3) is 5.91 Å². The van der Waals surface area contributed by atoms with Crippen LogP contribution in [-0.4, -0.2) is 59.8 Å². The zero-order chi connectivity index (χ0) is 19.6. The molecule has 0 radical (unpaired) electrons. The fourth-order valence-electron chi connectivity index (χ4n) is 3.16. The standard InChI is InChI=1S/C16H23N5O5S/c1-10-14(11(2)25-19-10)16(22)17-7-4-13-18-15(20-26-13)12-5-8-21(9-6-12)27(3,23)24/h12H,4-9H2,1-3H3,(H,17,22). The highest BCUT2D eigenvalue weighted by molar-refractivity contribution is 7.88. The molecule has 0 bridgehead atoms. The van der Waals surface area contributed by atoms with Crippen molar-refractivity contribution >= 4 is 15.9 Å². The van der Waals surface area contributed by atoms with Crippen LogP contribution in [0.25, 0.3) is 0 Å². The van der Waals surface area contributed by atoms with Crippen LogP contribution in [0.1, 0.15) is 52.3 Å². The van der Waals surface area contributed by atoms with Gasteiger partial charge >= 0.3 is 0 Å². The molecule has 1 amide bonds. The van der Waals surface area contributed by atoms with Gasteiger partial charge in [-0.25, -0.2) is 12.7 Å². The number of aryl methyl sites for hydroxylation is 2. The summed E-state index contributed by atoms with van der Waals surface area (Å²) in [5.41, 5.74) is 0.990. The van der Waals surface area contributed by atoms with Crippen LogP contribution in [0.3, 0.4) is 0 Å². The lowest BCUT2D eigenvalue weighted by Crippen LogP contribution is -2.37. The fourth-order valence-corrected chi connectivity index (χ4v) is 4.03. The van der Waals surface area contributed by atoms with Gasteiger partial charge in [-0.2, -0.15) is 4.98 Å². The molecule has 0 saturated carbocycles. The lowest BCUT2D eigenvalue weighted by Gasteiger charge is -2.28. The predicted molar refractivity (Wildman–Crippen MR) is 94.7 cm³/mol. The Kier molecular flexibility index (Phi) is 5.61. The summed E-state index contributed by atoms with van der Waals surface area (Å²) in [6.45, 7) is 4.66. The first kappa shape index (κ1) is 19.5. The maximum absolute atomic E-state index is 12.2. The third-order valence-corrected chi connectivity index (χ3v) is 5.96. The number of hydrogen-bond acceptors (Lipinski definition) is 8. The van der Waals surface area contributed by atoms with Crippen molar-refractivity contribution in [1.29, 1.82) is 0 Å². The number of carbonyl (C=O) groups is 1. The molecule has 1 saturated heterocycles. The molecule has 11 heteroatoms. The number of nitrogens with one attached hydrogen (secondary N) is 1. The van der Waals surface area contributed by atoms with Crippen LogP contribution in [0.5, 0.6) is 0 Å². The quantitative estimate of drug-likeness (QED) is 0.757. The lowest BCUT2D eigenvalue weighted by molar-refractivity contribution is 0.0951. The third kappa shape index (κ3) is 4.53. The minimum Gasteiger partial charge on any atom is -0.361 e. The number of rotatable bonds is 6. The van der Waals surface area contributed by atoms with Crippen LogP contribution < -0.4 is 5.32 Å². The maximum atomic E-state index is 12.2. The van der Waals surface area contributed by atoms with E-state index in [1.54, 1.807) is 13.8 Å². The van der Waals surface area contributed by atoms with Crippen LogP contribution in [0.2, 0.25) is 0 Å². The van der Waals surface area contributed by atoms with E-state index in [0.29, 0.717) is 67.6 Å². The average Bonchev–Trinajstić information content (AvgIpc) is 3.21. The summed E-state index contributed by atoms with van der Waals surface area (Å²) in [5, 5.41) is 10.6. The second-order valence-corrected chi connectivity index (χ2v) is 8.67. The fraction of sp³-hybridized carbons (Fsp3) is 0.625. The van der Waals surface area contributed by atoms with Gasteiger partial charge in [0.05, 0.1) is 11.9 Å². The van der Waals surface area contributed by atoms with Crippen molar-refractivity contribution in [3.8, 4) is 0 Å². The van der Waals surface area contributed by atoms with Gasteiger partial charge in [0.1, 0.15) is 11.3 Å². The van der Waals surface area contributed by atoms with E-state index in [9.17, 15) is 13.2 Å². The van der Waals surface area contributed by atoms with Crippen LogP contribution in [0, 0.1) is 13.8 Å². The van der Waals surface area contributed by atoms with Gasteiger partial charge in [-0.3, -0.25) is 4.79 Å². The summed E-state index contributed by atoms with van der Waals surface area (Å²) in [6, 6.07) is 0. The minimum absolute atomic E-state index is 0.0809. The highest BCUT2D eigenvalue weighted by Gasteiger charge is 2.28. The Labute approximate surface area is 157 Å². The van der Waals surface area contributed by atoms with Crippen molar-refractivity contribution in [1.82, 2.24) is 24.9 Å². The molecule has 1 N–H and O–H groups in total. The number of sulfonamides is 1. The van der Waals surface area contributed by atoms with Crippen molar-refractivity contribution in [3.63, 3.8) is 0 Å². The number of hydrogen-bond donors (Lipinski definition) is 1. The van der Waals surface area contributed by atoms with Crippen molar-refractivity contribution in [3.05, 3.63) is 28.7 Å². The van der Waals surface area contributed by atoms with Crippen LogP contribution in [-0.2, 0) is 16.4 Å². The second kappa shape index (κ2) is 7.77. The van der Waals surface area contributed by atoms with Crippen molar-refractivity contribution in [2.75, 3.05) is 25.9 Å². The van der Waals surface area contributed by atoms with Crippen LogP contribution in [0.15, 0.2) is 9.05 Å². The topological polar surface area (TPSA) is 131 Å². The molecule has 27 heavy (non-hydrogen) atoms. The van der Waals surface area contributed by atoms with Gasteiger partial charge in [-0.05, 0) is 26.7 Å². The largest absolute Gasteiger partial charge is 0.361 e. The second-order valence-electron chi connectivity index (χ2n) is 6.69. The Bertz CT molecular complexity index is 892. The molecule has 0 unspecified atom stereocenters. The van der Waals surface area contributed by atoms with Gasteiger partial charge in [0.15, 0.2) is 5.82 Å². The Hall–Kier alpha value is -2.27. The van der Waals surface area contributed by atoms with E-state index in [-0.39, 0.29) is 11.8 Å². The normalized spacial score (nSPS) is 16.6. The van der Waals surface area contributed by atoms with Crippen molar-refractivity contribution < 1.29 is 22.3 Å². The third-order valence-electron chi connectivity index (χ3n) is 4.66. The van der Waals surface area contributed by atoms with Gasteiger partial charge in [0, 0.05) is 32.0 Å². The van der Waals surface area contributed by atoms with Gasteiger partial charge in [-0.1, -0.05) is 10.3 Å². The monoisotopic (exact) mass is 397 g/mol. The van der Waals surface area contributed by atoms with E-state index >= 15 is 0 Å². The number of piperidine rings is 1. The Balaban J connectivity index is 1.50. The molecule has 2 aromatic rings. The lowest BCUT2D eigenvalue weighted by atomic mass is 9.97. The van der Waals surface area contributed by atoms with E-state index in [1.807, 2.05) is 0 Å². The summed E-state index contributed by atoms with van der Waals surface area (Å²) >= 11 is 0. The molecule has 3 heterocycles. The van der Waals surface area contributed by atoms with E-state index in [1.165, 1.54) is 10.6 Å². The Morgan fingerprint density at radius 3 is 2.52 bits per heavy atom.